The fourth-order valence-corrected chi connectivity index (χ4v) is 4.48. The summed E-state index contributed by atoms with van der Waals surface area (Å²) in [5.74, 6) is -0.227. The molecule has 1 aliphatic rings. The van der Waals surface area contributed by atoms with Gasteiger partial charge in [0.05, 0.1) is 11.4 Å². The number of rotatable bonds is 5. The van der Waals surface area contributed by atoms with E-state index in [9.17, 15) is 13.2 Å². The predicted molar refractivity (Wildman–Crippen MR) is 88.5 cm³/mol. The zero-order valence-electron chi connectivity index (χ0n) is 13.5. The van der Waals surface area contributed by atoms with E-state index < -0.39 is 22.0 Å². The van der Waals surface area contributed by atoms with E-state index in [-0.39, 0.29) is 23.3 Å². The van der Waals surface area contributed by atoms with Gasteiger partial charge in [0.1, 0.15) is 6.04 Å². The number of carbonyl (C=O) groups excluding carboxylic acids is 1. The van der Waals surface area contributed by atoms with Crippen LogP contribution in [0.2, 0.25) is 0 Å². The largest absolute Gasteiger partial charge is 0.406 e. The van der Waals surface area contributed by atoms with Gasteiger partial charge in [0.15, 0.2) is 0 Å². The molecule has 9 nitrogen and oxygen atoms in total. The lowest BCUT2D eigenvalue weighted by Gasteiger charge is -2.33. The Labute approximate surface area is 145 Å². The number of anilines is 1. The van der Waals surface area contributed by atoms with Gasteiger partial charge in [0.2, 0.25) is 21.8 Å². The number of nitrogens with zero attached hydrogens (tertiary/aromatic N) is 3. The maximum Gasteiger partial charge on any atom is 0.312 e. The first-order valence-electron chi connectivity index (χ1n) is 7.91. The van der Waals surface area contributed by atoms with Crippen molar-refractivity contribution in [2.75, 3.05) is 12.3 Å². The Bertz CT molecular complexity index is 837. The lowest BCUT2D eigenvalue weighted by Crippen LogP contribution is -2.51. The number of benzene rings is 1. The molecule has 2 aromatic rings. The van der Waals surface area contributed by atoms with E-state index in [2.05, 4.69) is 15.5 Å². The highest BCUT2D eigenvalue weighted by molar-refractivity contribution is 7.89. The summed E-state index contributed by atoms with van der Waals surface area (Å²) in [6, 6.07) is 7.27. The molecule has 1 aliphatic heterocycles. The Hall–Kier alpha value is -2.46. The first-order valence-corrected chi connectivity index (χ1v) is 9.35. The van der Waals surface area contributed by atoms with Crippen LogP contribution in [0.15, 0.2) is 39.6 Å². The summed E-state index contributed by atoms with van der Waals surface area (Å²) in [7, 11) is -3.73. The molecule has 1 atom stereocenters. The summed E-state index contributed by atoms with van der Waals surface area (Å²) >= 11 is 0. The van der Waals surface area contributed by atoms with Crippen LogP contribution in [0.25, 0.3) is 0 Å². The molecular weight excluding hydrogens is 346 g/mol. The number of piperidine rings is 1. The summed E-state index contributed by atoms with van der Waals surface area (Å²) in [5.41, 5.74) is 5.33. The maximum absolute atomic E-state index is 12.9. The number of nitrogen functional groups attached to an aromatic ring is 1. The van der Waals surface area contributed by atoms with Gasteiger partial charge in [-0.25, -0.2) is 8.42 Å². The molecule has 25 heavy (non-hydrogen) atoms. The van der Waals surface area contributed by atoms with Crippen LogP contribution in [0.1, 0.15) is 25.2 Å². The standard InChI is InChI=1S/C15H19N5O4S/c16-15-19-18-13(24-15)10-17-14(21)12-8-4-5-9-20(12)25(22,23)11-6-2-1-3-7-11/h1-3,6-7,12H,4-5,8-10H2,(H2,16,19)(H,17,21)/t12-/m0/s1. The van der Waals surface area contributed by atoms with Crippen molar-refractivity contribution in [3.63, 3.8) is 0 Å². The van der Waals surface area contributed by atoms with E-state index in [0.29, 0.717) is 13.0 Å². The van der Waals surface area contributed by atoms with Crippen molar-refractivity contribution < 1.29 is 17.6 Å². The number of carbonyl (C=O) groups is 1. The van der Waals surface area contributed by atoms with Gasteiger partial charge in [-0.2, -0.15) is 4.31 Å². The Morgan fingerprint density at radius 3 is 2.72 bits per heavy atom. The van der Waals surface area contributed by atoms with Crippen molar-refractivity contribution in [2.24, 2.45) is 0 Å². The van der Waals surface area contributed by atoms with Crippen LogP contribution in [-0.4, -0.2) is 41.4 Å². The van der Waals surface area contributed by atoms with Gasteiger partial charge >= 0.3 is 6.01 Å². The number of sulfonamides is 1. The number of aromatic nitrogens is 2. The van der Waals surface area contributed by atoms with E-state index in [1.165, 1.54) is 16.4 Å². The number of hydrogen-bond acceptors (Lipinski definition) is 7. The van der Waals surface area contributed by atoms with Gasteiger partial charge in [0, 0.05) is 6.54 Å². The molecule has 2 heterocycles. The van der Waals surface area contributed by atoms with E-state index in [0.717, 1.165) is 12.8 Å². The van der Waals surface area contributed by atoms with Crippen LogP contribution in [0.5, 0.6) is 0 Å². The van der Waals surface area contributed by atoms with Crippen molar-refractivity contribution in [1.82, 2.24) is 19.8 Å². The topological polar surface area (TPSA) is 131 Å². The quantitative estimate of drug-likeness (QED) is 0.789. The molecule has 0 bridgehead atoms. The maximum atomic E-state index is 12.9. The third kappa shape index (κ3) is 3.80. The van der Waals surface area contributed by atoms with Crippen LogP contribution >= 0.6 is 0 Å². The molecular formula is C15H19N5O4S. The van der Waals surface area contributed by atoms with Gasteiger partial charge in [-0.1, -0.05) is 29.7 Å². The first-order chi connectivity index (χ1) is 12.0. The Kier molecular flexibility index (Phi) is 5.00. The summed E-state index contributed by atoms with van der Waals surface area (Å²) in [5, 5.41) is 9.80. The molecule has 1 aromatic carbocycles. The van der Waals surface area contributed by atoms with Crippen LogP contribution in [0, 0.1) is 0 Å². The van der Waals surface area contributed by atoms with Crippen LogP contribution in [-0.2, 0) is 21.4 Å². The van der Waals surface area contributed by atoms with Crippen molar-refractivity contribution >= 4 is 21.9 Å². The smallest absolute Gasteiger partial charge is 0.312 e. The highest BCUT2D eigenvalue weighted by Crippen LogP contribution is 2.25. The molecule has 1 amide bonds. The second-order valence-corrected chi connectivity index (χ2v) is 7.58. The molecule has 3 N–H and O–H groups in total. The molecule has 0 unspecified atom stereocenters. The van der Waals surface area contributed by atoms with Crippen LogP contribution < -0.4 is 11.1 Å². The van der Waals surface area contributed by atoms with Crippen molar-refractivity contribution in [3.8, 4) is 0 Å². The first kappa shape index (κ1) is 17.4. The molecule has 134 valence electrons. The molecule has 0 spiro atoms. The Balaban J connectivity index is 1.75. The fourth-order valence-electron chi connectivity index (χ4n) is 2.80. The number of hydrogen-bond donors (Lipinski definition) is 2. The van der Waals surface area contributed by atoms with E-state index >= 15 is 0 Å². The molecule has 0 saturated carbocycles. The van der Waals surface area contributed by atoms with Gasteiger partial charge < -0.3 is 15.5 Å². The van der Waals surface area contributed by atoms with E-state index in [1.807, 2.05) is 0 Å². The molecule has 1 aromatic heterocycles. The highest BCUT2D eigenvalue weighted by atomic mass is 32.2. The third-order valence-electron chi connectivity index (χ3n) is 4.00. The normalized spacial score (nSPS) is 18.8. The van der Waals surface area contributed by atoms with Gasteiger partial charge in [-0.3, -0.25) is 4.79 Å². The third-order valence-corrected chi connectivity index (χ3v) is 5.92. The van der Waals surface area contributed by atoms with Gasteiger partial charge in [-0.05, 0) is 25.0 Å². The molecule has 1 fully saturated rings. The minimum absolute atomic E-state index is 0.00123. The minimum atomic E-state index is -3.73. The van der Waals surface area contributed by atoms with Crippen molar-refractivity contribution in [1.29, 1.82) is 0 Å². The monoisotopic (exact) mass is 365 g/mol. The molecule has 1 saturated heterocycles. The summed E-state index contributed by atoms with van der Waals surface area (Å²) < 4.78 is 32.0. The van der Waals surface area contributed by atoms with Crippen LogP contribution in [0.3, 0.4) is 0 Å². The minimum Gasteiger partial charge on any atom is -0.406 e. The average molecular weight is 365 g/mol. The number of nitrogens with two attached hydrogens (primary N) is 1. The summed E-state index contributed by atoms with van der Waals surface area (Å²) in [4.78, 5) is 12.7. The molecule has 0 radical (unpaired) electrons. The van der Waals surface area contributed by atoms with Gasteiger partial charge in [0.25, 0.3) is 0 Å². The Morgan fingerprint density at radius 1 is 1.28 bits per heavy atom. The molecule has 0 aliphatic carbocycles. The van der Waals surface area contributed by atoms with Gasteiger partial charge in [-0.15, -0.1) is 5.10 Å². The SMILES string of the molecule is Nc1nnc(CNC(=O)[C@@H]2CCCCN2S(=O)(=O)c2ccccc2)o1. The summed E-state index contributed by atoms with van der Waals surface area (Å²) in [6.45, 7) is 0.307. The zero-order valence-corrected chi connectivity index (χ0v) is 14.3. The Morgan fingerprint density at radius 2 is 2.04 bits per heavy atom. The molecule has 3 rings (SSSR count). The van der Waals surface area contributed by atoms with E-state index in [4.69, 9.17) is 10.2 Å². The molecule has 10 heteroatoms. The average Bonchev–Trinajstić information content (AvgIpc) is 3.06. The van der Waals surface area contributed by atoms with Crippen LogP contribution in [0.4, 0.5) is 6.01 Å². The van der Waals surface area contributed by atoms with Crippen molar-refractivity contribution in [2.45, 2.75) is 36.7 Å². The second kappa shape index (κ2) is 7.19. The summed E-state index contributed by atoms with van der Waals surface area (Å²) in [6.07, 6.45) is 1.96. The lowest BCUT2D eigenvalue weighted by molar-refractivity contribution is -0.126. The van der Waals surface area contributed by atoms with E-state index in [1.54, 1.807) is 18.2 Å². The van der Waals surface area contributed by atoms with Crippen molar-refractivity contribution in [3.05, 3.63) is 36.2 Å². The number of nitrogens with one attached hydrogen (secondary N) is 1. The number of amides is 1. The predicted octanol–water partition coefficient (Wildman–Crippen LogP) is 0.511. The zero-order chi connectivity index (χ0) is 17.9. The fraction of sp³-hybridized carbons (Fsp3) is 0.400. The highest BCUT2D eigenvalue weighted by Gasteiger charge is 2.37. The second-order valence-electron chi connectivity index (χ2n) is 5.69. The lowest BCUT2D eigenvalue weighted by atomic mass is 10.0.